The van der Waals surface area contributed by atoms with Crippen molar-refractivity contribution in [1.82, 2.24) is 0 Å². The summed E-state index contributed by atoms with van der Waals surface area (Å²) < 4.78 is 25.0. The van der Waals surface area contributed by atoms with Crippen LogP contribution in [0.15, 0.2) is 30.3 Å². The summed E-state index contributed by atoms with van der Waals surface area (Å²) in [5, 5.41) is 31.5. The predicted molar refractivity (Wildman–Crippen MR) is 88.1 cm³/mol. The zero-order valence-electron chi connectivity index (χ0n) is 14.1. The van der Waals surface area contributed by atoms with E-state index in [9.17, 15) is 15.3 Å². The molecule has 7 nitrogen and oxygen atoms in total. The molecule has 7 rings (SSSR count). The van der Waals surface area contributed by atoms with Crippen molar-refractivity contribution in [3.63, 3.8) is 0 Å². The summed E-state index contributed by atoms with van der Waals surface area (Å²) in [7, 11) is 0. The zero-order valence-corrected chi connectivity index (χ0v) is 14.1. The van der Waals surface area contributed by atoms with E-state index in [1.54, 1.807) is 6.07 Å². The molecule has 0 saturated carbocycles. The number of rotatable bonds is 0. The van der Waals surface area contributed by atoms with Gasteiger partial charge in [0.05, 0.1) is 17.2 Å². The van der Waals surface area contributed by atoms with Crippen LogP contribution in [0.1, 0.15) is 47.3 Å². The highest BCUT2D eigenvalue weighted by Crippen LogP contribution is 2.67. The second kappa shape index (κ2) is 4.23. The van der Waals surface area contributed by atoms with Crippen molar-refractivity contribution in [3.05, 3.63) is 52.6 Å². The molecule has 6 unspecified atom stereocenters. The lowest BCUT2D eigenvalue weighted by molar-refractivity contribution is -0.371. The molecule has 2 aliphatic carbocycles. The molecule has 0 aromatic heterocycles. The Morgan fingerprint density at radius 2 is 1.85 bits per heavy atom. The molecule has 2 bridgehead atoms. The van der Waals surface area contributed by atoms with Gasteiger partial charge in [-0.3, -0.25) is 4.74 Å². The third kappa shape index (κ3) is 1.48. The fourth-order valence-corrected chi connectivity index (χ4v) is 5.28. The Kier molecular flexibility index (Phi) is 2.30. The van der Waals surface area contributed by atoms with Gasteiger partial charge in [0.25, 0.3) is 5.79 Å². The van der Waals surface area contributed by atoms with Crippen LogP contribution >= 0.6 is 0 Å². The normalized spacial score (nSPS) is 41.4. The van der Waals surface area contributed by atoms with Gasteiger partial charge in [0.2, 0.25) is 5.79 Å². The van der Waals surface area contributed by atoms with Crippen LogP contribution < -0.4 is 9.47 Å². The van der Waals surface area contributed by atoms with Crippen LogP contribution in [0.2, 0.25) is 0 Å². The molecule has 2 aromatic rings. The summed E-state index contributed by atoms with van der Waals surface area (Å²) in [5.41, 5.74) is 2.26. The maximum atomic E-state index is 10.6. The molecular weight excluding hydrogens is 352 g/mol. The summed E-state index contributed by atoms with van der Waals surface area (Å²) in [6.07, 6.45) is -1.63. The summed E-state index contributed by atoms with van der Waals surface area (Å²) in [5.74, 6) is -1.36. The summed E-state index contributed by atoms with van der Waals surface area (Å²) in [6.45, 7) is 0. The summed E-state index contributed by atoms with van der Waals surface area (Å²) in [4.78, 5) is 0. The fourth-order valence-electron chi connectivity index (χ4n) is 5.28. The molecule has 1 saturated heterocycles. The minimum absolute atomic E-state index is 0.0417. The van der Waals surface area contributed by atoms with E-state index in [4.69, 9.17) is 18.9 Å². The number of hydrogen-bond donors (Lipinski definition) is 3. The Morgan fingerprint density at radius 3 is 2.74 bits per heavy atom. The average Bonchev–Trinajstić information content (AvgIpc) is 3.46. The van der Waals surface area contributed by atoms with Crippen molar-refractivity contribution in [2.24, 2.45) is 0 Å². The van der Waals surface area contributed by atoms with E-state index in [1.807, 2.05) is 18.2 Å². The lowest BCUT2D eigenvalue weighted by atomic mass is 9.77. The first-order chi connectivity index (χ1) is 13.0. The maximum absolute atomic E-state index is 10.6. The number of benzene rings is 2. The highest BCUT2D eigenvalue weighted by atomic mass is 16.8. The van der Waals surface area contributed by atoms with E-state index in [2.05, 4.69) is 0 Å². The molecule has 3 N–H and O–H groups in total. The maximum Gasteiger partial charge on any atom is 0.274 e. The van der Waals surface area contributed by atoms with Crippen LogP contribution in [0.4, 0.5) is 0 Å². The highest BCUT2D eigenvalue weighted by molar-refractivity contribution is 5.60. The number of phenolic OH excluding ortho intramolecular Hbond substituents is 1. The molecule has 2 spiro atoms. The average molecular weight is 368 g/mol. The Morgan fingerprint density at radius 1 is 1.00 bits per heavy atom. The van der Waals surface area contributed by atoms with Gasteiger partial charge in [-0.05, 0) is 30.2 Å². The molecule has 27 heavy (non-hydrogen) atoms. The first-order valence-corrected chi connectivity index (χ1v) is 9.14. The Balaban J connectivity index is 1.57. The molecule has 3 heterocycles. The predicted octanol–water partition coefficient (Wildman–Crippen LogP) is 1.84. The minimum atomic E-state index is -1.29. The van der Waals surface area contributed by atoms with Crippen molar-refractivity contribution in [1.29, 1.82) is 0 Å². The first kappa shape index (κ1) is 14.7. The largest absolute Gasteiger partial charge is 0.508 e. The number of fused-ring (bicyclic) bond motifs is 1. The van der Waals surface area contributed by atoms with Gasteiger partial charge in [0.1, 0.15) is 29.5 Å². The lowest BCUT2D eigenvalue weighted by Crippen LogP contribution is -2.61. The molecule has 7 heteroatoms. The van der Waals surface area contributed by atoms with Crippen LogP contribution in [0, 0.1) is 0 Å². The Bertz CT molecular complexity index is 1040. The number of ether oxygens (including phenoxy) is 4. The van der Waals surface area contributed by atoms with Crippen molar-refractivity contribution in [3.8, 4) is 17.2 Å². The van der Waals surface area contributed by atoms with Gasteiger partial charge < -0.3 is 29.5 Å². The van der Waals surface area contributed by atoms with Gasteiger partial charge in [0, 0.05) is 12.0 Å². The molecule has 0 radical (unpaired) electrons. The molecule has 6 atom stereocenters. The van der Waals surface area contributed by atoms with Gasteiger partial charge in [-0.25, -0.2) is 0 Å². The molecule has 1 fully saturated rings. The third-order valence-corrected chi connectivity index (χ3v) is 6.44. The minimum Gasteiger partial charge on any atom is -0.508 e. The monoisotopic (exact) mass is 368 g/mol. The Hall–Kier alpha value is -2.32. The van der Waals surface area contributed by atoms with Crippen LogP contribution in [0.25, 0.3) is 0 Å². The number of phenols is 1. The number of hydrogen-bond acceptors (Lipinski definition) is 7. The van der Waals surface area contributed by atoms with Crippen LogP contribution in [0.5, 0.6) is 17.2 Å². The zero-order chi connectivity index (χ0) is 18.1. The Labute approximate surface area is 153 Å². The molecule has 5 aliphatic rings. The SMILES string of the molecule is Oc1ccc2c3c1C(O)C1OC1C31Oc3cccc4c3C(CCC4O)(O2)O1. The second-order valence-corrected chi connectivity index (χ2v) is 7.84. The molecule has 138 valence electrons. The van der Waals surface area contributed by atoms with E-state index in [-0.39, 0.29) is 5.75 Å². The van der Waals surface area contributed by atoms with Gasteiger partial charge in [0.15, 0.2) is 6.10 Å². The topological polar surface area (TPSA) is 101 Å². The van der Waals surface area contributed by atoms with Gasteiger partial charge in [-0.2, -0.15) is 0 Å². The quantitative estimate of drug-likeness (QED) is 0.610. The number of aliphatic hydroxyl groups excluding tert-OH is 2. The van der Waals surface area contributed by atoms with Crippen molar-refractivity contribution in [2.75, 3.05) is 0 Å². The van der Waals surface area contributed by atoms with Crippen LogP contribution in [-0.2, 0) is 21.0 Å². The summed E-state index contributed by atoms with van der Waals surface area (Å²) in [6, 6.07) is 8.70. The van der Waals surface area contributed by atoms with Gasteiger partial charge in [-0.1, -0.05) is 12.1 Å². The second-order valence-electron chi connectivity index (χ2n) is 7.84. The standard InChI is InChI=1S/C20H16O7/c21-9-6-7-19-14-8(9)2-1-3-11(14)26-20(27-19)15-12(25-19)5-4-10(22)13(15)16(23)17-18(20)24-17/h1-5,9,16-18,21-23H,6-7H2. The van der Waals surface area contributed by atoms with E-state index < -0.39 is 36.0 Å². The van der Waals surface area contributed by atoms with Crippen LogP contribution in [-0.4, -0.2) is 27.5 Å². The highest BCUT2D eigenvalue weighted by Gasteiger charge is 2.74. The van der Waals surface area contributed by atoms with Crippen LogP contribution in [0.3, 0.4) is 0 Å². The van der Waals surface area contributed by atoms with Gasteiger partial charge >= 0.3 is 0 Å². The summed E-state index contributed by atoms with van der Waals surface area (Å²) >= 11 is 0. The molecule has 0 amide bonds. The van der Waals surface area contributed by atoms with Crippen molar-refractivity contribution in [2.45, 2.75) is 48.8 Å². The van der Waals surface area contributed by atoms with Crippen molar-refractivity contribution >= 4 is 0 Å². The molecular formula is C20H16O7. The lowest BCUT2D eigenvalue weighted by Gasteiger charge is -2.55. The smallest absolute Gasteiger partial charge is 0.274 e. The first-order valence-electron chi connectivity index (χ1n) is 9.14. The van der Waals surface area contributed by atoms with Gasteiger partial charge in [-0.15, -0.1) is 0 Å². The van der Waals surface area contributed by atoms with E-state index in [1.165, 1.54) is 6.07 Å². The number of aliphatic hydroxyl groups is 2. The third-order valence-electron chi connectivity index (χ3n) is 6.44. The van der Waals surface area contributed by atoms with E-state index in [0.29, 0.717) is 41.0 Å². The fraction of sp³-hybridized carbons (Fsp3) is 0.400. The van der Waals surface area contributed by atoms with E-state index in [0.717, 1.165) is 5.56 Å². The van der Waals surface area contributed by atoms with Crippen molar-refractivity contribution < 1.29 is 34.3 Å². The van der Waals surface area contributed by atoms with E-state index >= 15 is 0 Å². The molecule has 2 aromatic carbocycles. The number of epoxide rings is 1. The molecule has 3 aliphatic heterocycles. The number of aromatic hydroxyl groups is 1.